The van der Waals surface area contributed by atoms with E-state index in [1.807, 2.05) is 18.2 Å². The fraction of sp³-hybridized carbons (Fsp3) is 0.538. The molecule has 0 atom stereocenters. The minimum atomic E-state index is -3.82. The summed E-state index contributed by atoms with van der Waals surface area (Å²) in [6.07, 6.45) is 1.46. The van der Waals surface area contributed by atoms with Gasteiger partial charge in [-0.1, -0.05) is 30.3 Å². The largest absolute Gasteiger partial charge is 0.328 e. The van der Waals surface area contributed by atoms with Crippen molar-refractivity contribution in [3.8, 4) is 0 Å². The summed E-state index contributed by atoms with van der Waals surface area (Å²) in [6, 6.07) is 10.2. The normalized spacial score (nSPS) is 12.6. The minimum Gasteiger partial charge on any atom is -0.328 e. The Morgan fingerprint density at radius 1 is 1.11 bits per heavy atom. The van der Waals surface area contributed by atoms with Crippen molar-refractivity contribution in [1.82, 2.24) is 0 Å². The van der Waals surface area contributed by atoms with Crippen molar-refractivity contribution in [2.45, 2.75) is 12.8 Å². The van der Waals surface area contributed by atoms with E-state index in [0.29, 0.717) is 6.42 Å². The van der Waals surface area contributed by atoms with E-state index >= 15 is 0 Å². The van der Waals surface area contributed by atoms with E-state index in [9.17, 15) is 8.42 Å². The van der Waals surface area contributed by atoms with Crippen molar-refractivity contribution in [3.63, 3.8) is 0 Å². The zero-order chi connectivity index (χ0) is 13.6. The summed E-state index contributed by atoms with van der Waals surface area (Å²) < 4.78 is 30.7. The van der Waals surface area contributed by atoms with Crippen LogP contribution in [0.1, 0.15) is 12.0 Å². The molecule has 0 aliphatic rings. The lowest BCUT2D eigenvalue weighted by Crippen LogP contribution is -2.42. The second-order valence-electron chi connectivity index (χ2n) is 5.26. The summed E-state index contributed by atoms with van der Waals surface area (Å²) in [5.74, 6) is -0.153. The number of benzene rings is 1. The molecule has 1 N–H and O–H groups in total. The van der Waals surface area contributed by atoms with E-state index in [4.69, 9.17) is 4.55 Å². The zero-order valence-corrected chi connectivity index (χ0v) is 11.9. The second-order valence-corrected chi connectivity index (χ2v) is 6.83. The van der Waals surface area contributed by atoms with Gasteiger partial charge in [-0.25, -0.2) is 0 Å². The van der Waals surface area contributed by atoms with Crippen molar-refractivity contribution in [2.24, 2.45) is 0 Å². The van der Waals surface area contributed by atoms with Gasteiger partial charge in [-0.2, -0.15) is 8.42 Å². The Bertz CT molecular complexity index is 454. The van der Waals surface area contributed by atoms with Crippen molar-refractivity contribution in [3.05, 3.63) is 35.9 Å². The van der Waals surface area contributed by atoms with Gasteiger partial charge in [0.15, 0.2) is 0 Å². The number of rotatable bonds is 7. The quantitative estimate of drug-likeness (QED) is 0.606. The fourth-order valence-corrected chi connectivity index (χ4v) is 2.36. The molecule has 0 radical (unpaired) electrons. The summed E-state index contributed by atoms with van der Waals surface area (Å²) in [6.45, 7) is 1.70. The lowest BCUT2D eigenvalue weighted by atomic mass is 10.1. The predicted molar refractivity (Wildman–Crippen MR) is 73.0 cm³/mol. The zero-order valence-electron chi connectivity index (χ0n) is 11.0. The van der Waals surface area contributed by atoms with Gasteiger partial charge in [0.1, 0.15) is 0 Å². The molecule has 1 aromatic rings. The molecule has 0 aliphatic heterocycles. The Kier molecular flexibility index (Phi) is 5.31. The average Bonchev–Trinajstić information content (AvgIpc) is 2.26. The van der Waals surface area contributed by atoms with Gasteiger partial charge in [0.25, 0.3) is 10.1 Å². The summed E-state index contributed by atoms with van der Waals surface area (Å²) >= 11 is 0. The molecule has 1 rings (SSSR count). The molecule has 102 valence electrons. The molecule has 0 bridgehead atoms. The lowest BCUT2D eigenvalue weighted by Gasteiger charge is -2.29. The molecule has 4 nitrogen and oxygen atoms in total. The fourth-order valence-electron chi connectivity index (χ4n) is 1.86. The van der Waals surface area contributed by atoms with Crippen LogP contribution in [-0.4, -0.2) is 50.4 Å². The predicted octanol–water partition coefficient (Wildman–Crippen LogP) is 1.58. The van der Waals surface area contributed by atoms with E-state index in [1.165, 1.54) is 5.56 Å². The Balaban J connectivity index is 2.36. The monoisotopic (exact) mass is 272 g/mol. The van der Waals surface area contributed by atoms with E-state index in [1.54, 1.807) is 0 Å². The molecule has 0 saturated carbocycles. The van der Waals surface area contributed by atoms with E-state index in [0.717, 1.165) is 24.0 Å². The van der Waals surface area contributed by atoms with Crippen LogP contribution in [0.25, 0.3) is 0 Å². The van der Waals surface area contributed by atoms with E-state index in [2.05, 4.69) is 26.2 Å². The van der Waals surface area contributed by atoms with Crippen LogP contribution in [0.15, 0.2) is 30.3 Å². The first-order chi connectivity index (χ1) is 8.29. The summed E-state index contributed by atoms with van der Waals surface area (Å²) in [4.78, 5) is 0. The molecular weight excluding hydrogens is 250 g/mol. The van der Waals surface area contributed by atoms with Crippen molar-refractivity contribution in [1.29, 1.82) is 0 Å². The van der Waals surface area contributed by atoms with Crippen LogP contribution in [0.4, 0.5) is 0 Å². The topological polar surface area (TPSA) is 54.4 Å². The van der Waals surface area contributed by atoms with Crippen LogP contribution in [0.3, 0.4) is 0 Å². The van der Waals surface area contributed by atoms with Crippen LogP contribution in [0, 0.1) is 0 Å². The third-order valence-corrected chi connectivity index (χ3v) is 3.82. The SMILES string of the molecule is C[N+](C)(CCCS(=O)(=O)O)CCc1ccccc1. The molecule has 0 saturated heterocycles. The first kappa shape index (κ1) is 15.1. The van der Waals surface area contributed by atoms with Crippen LogP contribution < -0.4 is 0 Å². The molecule has 0 aromatic heterocycles. The number of likely N-dealkylation sites (N-methyl/N-ethyl adjacent to an activating group) is 1. The van der Waals surface area contributed by atoms with Gasteiger partial charge in [-0.3, -0.25) is 4.55 Å². The maximum Gasteiger partial charge on any atom is 0.265 e. The molecule has 0 spiro atoms. The van der Waals surface area contributed by atoms with Crippen molar-refractivity contribution >= 4 is 10.1 Å². The summed E-state index contributed by atoms with van der Waals surface area (Å²) in [5.41, 5.74) is 1.29. The molecule has 0 amide bonds. The lowest BCUT2D eigenvalue weighted by molar-refractivity contribution is -0.890. The maximum absolute atomic E-state index is 10.6. The van der Waals surface area contributed by atoms with E-state index < -0.39 is 10.1 Å². The van der Waals surface area contributed by atoms with E-state index in [-0.39, 0.29) is 5.75 Å². The number of hydrogen-bond acceptors (Lipinski definition) is 2. The number of hydrogen-bond donors (Lipinski definition) is 1. The molecule has 0 aliphatic carbocycles. The highest BCUT2D eigenvalue weighted by atomic mass is 32.2. The summed E-state index contributed by atoms with van der Waals surface area (Å²) in [5, 5.41) is 0. The highest BCUT2D eigenvalue weighted by Gasteiger charge is 2.16. The molecule has 0 unspecified atom stereocenters. The standard InChI is InChI=1S/C13H21NO3S/c1-14(2,10-6-12-18(15,16)17)11-9-13-7-4-3-5-8-13/h3-5,7-8H,6,9-12H2,1-2H3/p+1. The molecule has 1 aromatic carbocycles. The van der Waals surface area contributed by atoms with Gasteiger partial charge >= 0.3 is 0 Å². The Labute approximate surface area is 110 Å². The van der Waals surface area contributed by atoms with Crippen LogP contribution in [0.5, 0.6) is 0 Å². The molecule has 18 heavy (non-hydrogen) atoms. The first-order valence-electron chi connectivity index (χ1n) is 6.10. The molecule has 0 fully saturated rings. The van der Waals surface area contributed by atoms with Crippen molar-refractivity contribution < 1.29 is 17.5 Å². The Morgan fingerprint density at radius 2 is 1.72 bits per heavy atom. The molecular formula is C13H22NO3S+. The highest BCUT2D eigenvalue weighted by Crippen LogP contribution is 2.06. The maximum atomic E-state index is 10.6. The van der Waals surface area contributed by atoms with Crippen LogP contribution >= 0.6 is 0 Å². The average molecular weight is 272 g/mol. The van der Waals surface area contributed by atoms with Gasteiger partial charge in [0, 0.05) is 12.8 Å². The Hall–Kier alpha value is -0.910. The first-order valence-corrected chi connectivity index (χ1v) is 7.70. The third kappa shape index (κ3) is 6.74. The van der Waals surface area contributed by atoms with Gasteiger partial charge in [0.05, 0.1) is 32.9 Å². The van der Waals surface area contributed by atoms with Crippen molar-refractivity contribution in [2.75, 3.05) is 32.9 Å². The van der Waals surface area contributed by atoms with Crippen LogP contribution in [-0.2, 0) is 16.5 Å². The highest BCUT2D eigenvalue weighted by molar-refractivity contribution is 7.85. The van der Waals surface area contributed by atoms with Gasteiger partial charge in [0.2, 0.25) is 0 Å². The van der Waals surface area contributed by atoms with Crippen LogP contribution in [0.2, 0.25) is 0 Å². The molecule has 5 heteroatoms. The third-order valence-electron chi connectivity index (χ3n) is 3.01. The number of nitrogens with zero attached hydrogens (tertiary/aromatic N) is 1. The second kappa shape index (κ2) is 6.31. The number of quaternary nitrogens is 1. The van der Waals surface area contributed by atoms with Gasteiger partial charge in [-0.15, -0.1) is 0 Å². The molecule has 0 heterocycles. The van der Waals surface area contributed by atoms with Gasteiger partial charge in [-0.05, 0) is 5.56 Å². The van der Waals surface area contributed by atoms with Gasteiger partial charge < -0.3 is 4.48 Å². The Morgan fingerprint density at radius 3 is 2.28 bits per heavy atom. The summed E-state index contributed by atoms with van der Waals surface area (Å²) in [7, 11) is 0.329. The smallest absolute Gasteiger partial charge is 0.265 e. The minimum absolute atomic E-state index is 0.153.